The largest absolute Gasteiger partial charge is 0.480 e. The van der Waals surface area contributed by atoms with Crippen molar-refractivity contribution in [3.63, 3.8) is 0 Å². The predicted octanol–water partition coefficient (Wildman–Crippen LogP) is 3.30. The second kappa shape index (κ2) is 19.5. The number of hydrogen-bond acceptors (Lipinski definition) is 3. The Morgan fingerprint density at radius 1 is 0.808 bits per heavy atom. The van der Waals surface area contributed by atoms with Crippen molar-refractivity contribution in [1.29, 1.82) is 0 Å². The molecule has 0 aliphatic heterocycles. The second-order valence-corrected chi connectivity index (χ2v) is 6.59. The minimum atomic E-state index is -0.975. The zero-order valence-corrected chi connectivity index (χ0v) is 16.7. The summed E-state index contributed by atoms with van der Waals surface area (Å²) in [6.07, 6.45) is 14.3. The van der Waals surface area contributed by atoms with Crippen molar-refractivity contribution in [3.8, 4) is 0 Å². The van der Waals surface area contributed by atoms with Gasteiger partial charge in [0.1, 0.15) is 0 Å². The quantitative estimate of drug-likeness (QED) is 0.198. The molecule has 7 heteroatoms. The molecular weight excluding hydrogens is 332 g/mol. The lowest BCUT2D eigenvalue weighted by Crippen LogP contribution is -2.28. The Kier molecular flexibility index (Phi) is 19.9. The maximum absolute atomic E-state index is 10.5. The van der Waals surface area contributed by atoms with Crippen LogP contribution >= 0.6 is 0 Å². The number of hydrogen-bond donors (Lipinski definition) is 4. The first kappa shape index (κ1) is 26.4. The molecule has 1 unspecified atom stereocenters. The van der Waals surface area contributed by atoms with Gasteiger partial charge in [-0.3, -0.25) is 4.79 Å². The first-order chi connectivity index (χ1) is 12.3. The predicted molar refractivity (Wildman–Crippen MR) is 108 cm³/mol. The highest BCUT2D eigenvalue weighted by atomic mass is 16.4. The highest BCUT2D eigenvalue weighted by Gasteiger charge is 2.14. The minimum Gasteiger partial charge on any atom is -0.480 e. The molecule has 0 fully saturated rings. The van der Waals surface area contributed by atoms with E-state index >= 15 is 0 Å². The van der Waals surface area contributed by atoms with E-state index in [0.29, 0.717) is 12.8 Å². The number of primary amides is 1. The van der Waals surface area contributed by atoms with Crippen LogP contribution in [0.15, 0.2) is 4.99 Å². The topological polar surface area (TPSA) is 145 Å². The number of nitrogens with two attached hydrogens (primary N) is 3. The lowest BCUT2D eigenvalue weighted by Gasteiger charge is -2.05. The van der Waals surface area contributed by atoms with Crippen molar-refractivity contribution < 1.29 is 14.7 Å². The minimum absolute atomic E-state index is 0.159. The van der Waals surface area contributed by atoms with Crippen molar-refractivity contribution in [2.75, 3.05) is 0 Å². The van der Waals surface area contributed by atoms with Crippen LogP contribution in [0, 0.1) is 0 Å². The van der Waals surface area contributed by atoms with Crippen LogP contribution < -0.4 is 17.2 Å². The number of carboxylic acid groups (broad SMARTS) is 1. The lowest BCUT2D eigenvalue weighted by molar-refractivity contribution is -0.138. The Morgan fingerprint density at radius 3 is 1.65 bits per heavy atom. The van der Waals surface area contributed by atoms with E-state index in [1.165, 1.54) is 44.9 Å². The molecule has 0 radical (unpaired) electrons. The average molecular weight is 373 g/mol. The molecule has 0 aromatic heterocycles. The number of unbranched alkanes of at least 4 members (excludes halogenated alkanes) is 9. The molecular formula is C19H40N4O3. The van der Waals surface area contributed by atoms with Gasteiger partial charge in [0.25, 0.3) is 0 Å². The van der Waals surface area contributed by atoms with Gasteiger partial charge < -0.3 is 22.3 Å². The molecule has 0 aromatic rings. The molecule has 0 aliphatic carbocycles. The maximum Gasteiger partial charge on any atom is 0.328 e. The summed E-state index contributed by atoms with van der Waals surface area (Å²) in [5.74, 6) is -1.30. The molecule has 0 aliphatic rings. The van der Waals surface area contributed by atoms with Crippen LogP contribution in [0.4, 0.5) is 0 Å². The van der Waals surface area contributed by atoms with Crippen molar-refractivity contribution in [1.82, 2.24) is 0 Å². The Morgan fingerprint density at radius 2 is 1.27 bits per heavy atom. The van der Waals surface area contributed by atoms with E-state index in [9.17, 15) is 9.59 Å². The van der Waals surface area contributed by atoms with Crippen molar-refractivity contribution in [2.45, 2.75) is 103 Å². The Balaban J connectivity index is 0. The number of amides is 1. The summed E-state index contributed by atoms with van der Waals surface area (Å²) in [7, 11) is 0. The van der Waals surface area contributed by atoms with Gasteiger partial charge >= 0.3 is 5.97 Å². The number of carbonyl (C=O) groups excluding carboxylic acids is 1. The molecule has 0 bridgehead atoms. The van der Waals surface area contributed by atoms with E-state index in [2.05, 4.69) is 11.9 Å². The van der Waals surface area contributed by atoms with Crippen LogP contribution in [0.2, 0.25) is 0 Å². The smallest absolute Gasteiger partial charge is 0.328 e. The van der Waals surface area contributed by atoms with Crippen LogP contribution in [0.1, 0.15) is 97.3 Å². The molecule has 7 N–H and O–H groups in total. The third kappa shape index (κ3) is 22.2. The number of carboxylic acids is 1. The van der Waals surface area contributed by atoms with Gasteiger partial charge in [-0.1, -0.05) is 78.1 Å². The zero-order valence-electron chi connectivity index (χ0n) is 16.7. The summed E-state index contributed by atoms with van der Waals surface area (Å²) < 4.78 is 0. The molecule has 0 saturated heterocycles. The van der Waals surface area contributed by atoms with E-state index in [1.54, 1.807) is 0 Å². The van der Waals surface area contributed by atoms with Gasteiger partial charge in [0.05, 0.1) is 0 Å². The number of rotatable bonds is 15. The number of nitrogens with zero attached hydrogens (tertiary/aromatic N) is 1. The van der Waals surface area contributed by atoms with Crippen molar-refractivity contribution in [3.05, 3.63) is 0 Å². The fraction of sp³-hybridized carbons (Fsp3) is 0.842. The molecule has 154 valence electrons. The molecule has 0 aromatic carbocycles. The average Bonchev–Trinajstić information content (AvgIpc) is 2.57. The summed E-state index contributed by atoms with van der Waals surface area (Å²) in [5.41, 5.74) is 15.2. The molecule has 0 rings (SSSR count). The van der Waals surface area contributed by atoms with Crippen molar-refractivity contribution in [2.24, 2.45) is 22.2 Å². The van der Waals surface area contributed by atoms with Crippen molar-refractivity contribution >= 4 is 17.8 Å². The van der Waals surface area contributed by atoms with E-state index < -0.39 is 12.0 Å². The van der Waals surface area contributed by atoms with E-state index in [1.807, 2.05) is 6.92 Å². The van der Waals surface area contributed by atoms with Gasteiger partial charge in [0, 0.05) is 6.42 Å². The Bertz CT molecular complexity index is 383. The van der Waals surface area contributed by atoms with Crippen LogP contribution in [0.5, 0.6) is 0 Å². The molecule has 0 saturated carbocycles. The zero-order chi connectivity index (χ0) is 20.2. The number of guanidine groups is 1. The lowest BCUT2D eigenvalue weighted by atomic mass is 10.1. The molecule has 1 amide bonds. The van der Waals surface area contributed by atoms with Gasteiger partial charge in [-0.25, -0.2) is 9.79 Å². The fourth-order valence-electron chi connectivity index (χ4n) is 2.43. The molecule has 0 spiro atoms. The Hall–Kier alpha value is -1.79. The monoisotopic (exact) mass is 372 g/mol. The van der Waals surface area contributed by atoms with E-state index in [0.717, 1.165) is 25.7 Å². The van der Waals surface area contributed by atoms with E-state index in [4.69, 9.17) is 22.3 Å². The number of carbonyl (C=O) groups is 2. The van der Waals surface area contributed by atoms with Crippen LogP contribution in [-0.4, -0.2) is 29.0 Å². The van der Waals surface area contributed by atoms with Gasteiger partial charge in [-0.05, 0) is 12.8 Å². The van der Waals surface area contributed by atoms with E-state index in [-0.39, 0.29) is 11.9 Å². The standard InChI is InChI=1S/C12H25NO.C7H15N3O2/c1-2-3-4-5-6-7-8-9-10-11-12(13)14;1-2-3-4-5(6(11)12)10-7(8)9/h2-11H2,1H3,(H2,13,14);5H,2-4H2,1H3,(H,11,12)(H4,8,9,10). The molecule has 26 heavy (non-hydrogen) atoms. The van der Waals surface area contributed by atoms with Gasteiger partial charge in [-0.15, -0.1) is 0 Å². The summed E-state index contributed by atoms with van der Waals surface area (Å²) >= 11 is 0. The van der Waals surface area contributed by atoms with Crippen LogP contribution in [-0.2, 0) is 9.59 Å². The summed E-state index contributed by atoms with van der Waals surface area (Å²) in [5, 5.41) is 8.63. The SMILES string of the molecule is CCCCC(N=C(N)N)C(=O)O.CCCCCCCCCCCC(N)=O. The maximum atomic E-state index is 10.5. The first-order valence-corrected chi connectivity index (χ1v) is 9.94. The normalized spacial score (nSPS) is 11.2. The fourth-order valence-corrected chi connectivity index (χ4v) is 2.43. The molecule has 1 atom stereocenters. The highest BCUT2D eigenvalue weighted by molar-refractivity contribution is 5.81. The highest BCUT2D eigenvalue weighted by Crippen LogP contribution is 2.10. The van der Waals surface area contributed by atoms with Gasteiger partial charge in [-0.2, -0.15) is 0 Å². The Labute approximate surface area is 158 Å². The molecule has 0 heterocycles. The second-order valence-electron chi connectivity index (χ2n) is 6.59. The number of aliphatic imine (C=N–C) groups is 1. The first-order valence-electron chi connectivity index (χ1n) is 9.94. The van der Waals surface area contributed by atoms with Crippen LogP contribution in [0.3, 0.4) is 0 Å². The molecule has 7 nitrogen and oxygen atoms in total. The summed E-state index contributed by atoms with van der Waals surface area (Å²) in [6.45, 7) is 4.22. The third-order valence-electron chi connectivity index (χ3n) is 3.95. The summed E-state index contributed by atoms with van der Waals surface area (Å²) in [4.78, 5) is 24.5. The number of aliphatic carboxylic acids is 1. The van der Waals surface area contributed by atoms with Crippen LogP contribution in [0.25, 0.3) is 0 Å². The third-order valence-corrected chi connectivity index (χ3v) is 3.95. The van der Waals surface area contributed by atoms with Gasteiger partial charge in [0.2, 0.25) is 5.91 Å². The van der Waals surface area contributed by atoms with Gasteiger partial charge in [0.15, 0.2) is 12.0 Å². The summed E-state index contributed by atoms with van der Waals surface area (Å²) in [6, 6.07) is -0.782.